The molecule has 15 heavy (non-hydrogen) atoms. The van der Waals surface area contributed by atoms with Crippen LogP contribution in [0, 0.1) is 3.70 Å². The van der Waals surface area contributed by atoms with Crippen LogP contribution in [0.25, 0.3) is 0 Å². The summed E-state index contributed by atoms with van der Waals surface area (Å²) in [5.74, 6) is -0.848. The Kier molecular flexibility index (Phi) is 4.21. The van der Waals surface area contributed by atoms with Gasteiger partial charge in [0.15, 0.2) is 0 Å². The van der Waals surface area contributed by atoms with E-state index in [0.29, 0.717) is 0 Å². The topological polar surface area (TPSA) is 39.2 Å². The number of halogens is 4. The van der Waals surface area contributed by atoms with Crippen molar-refractivity contribution in [3.05, 3.63) is 26.0 Å². The number of carbonyl (C=O) groups is 1. The van der Waals surface area contributed by atoms with Crippen molar-refractivity contribution in [1.29, 1.82) is 0 Å². The zero-order chi connectivity index (χ0) is 11.6. The number of ether oxygens (including phenoxy) is 1. The Balaban J connectivity index is 3.40. The maximum atomic E-state index is 12.6. The Morgan fingerprint density at radius 1 is 1.67 bits per heavy atom. The quantitative estimate of drug-likeness (QED) is 0.469. The summed E-state index contributed by atoms with van der Waals surface area (Å²) >= 11 is 7.17. The highest BCUT2D eigenvalue weighted by atomic mass is 127. The van der Waals surface area contributed by atoms with Gasteiger partial charge < -0.3 is 4.74 Å². The van der Waals surface area contributed by atoms with E-state index < -0.39 is 18.0 Å². The zero-order valence-corrected chi connectivity index (χ0v) is 10.3. The molecule has 0 saturated carbocycles. The number of hydrogen-bond donors (Lipinski definition) is 0. The number of pyridine rings is 1. The number of methoxy groups -OCH3 is 1. The molecule has 1 aromatic rings. The first kappa shape index (κ1) is 12.6. The third-order valence-electron chi connectivity index (χ3n) is 1.60. The van der Waals surface area contributed by atoms with Gasteiger partial charge in [-0.3, -0.25) is 0 Å². The van der Waals surface area contributed by atoms with Gasteiger partial charge in [0.05, 0.1) is 7.11 Å². The molecule has 82 valence electrons. The molecule has 0 bridgehead atoms. The smallest absolute Gasteiger partial charge is 0.341 e. The second kappa shape index (κ2) is 5.02. The maximum Gasteiger partial charge on any atom is 0.341 e. The number of aromatic nitrogens is 1. The Morgan fingerprint density at radius 3 is 2.73 bits per heavy atom. The lowest BCUT2D eigenvalue weighted by Crippen LogP contribution is -2.10. The third-order valence-corrected chi connectivity index (χ3v) is 2.57. The molecule has 0 N–H and O–H groups in total. The van der Waals surface area contributed by atoms with E-state index in [2.05, 4.69) is 9.72 Å². The molecule has 1 rings (SSSR count). The highest BCUT2D eigenvalue weighted by Gasteiger charge is 2.23. The van der Waals surface area contributed by atoms with Crippen molar-refractivity contribution >= 4 is 40.2 Å². The minimum atomic E-state index is -2.80. The minimum absolute atomic E-state index is 0.0812. The van der Waals surface area contributed by atoms with E-state index in [9.17, 15) is 13.6 Å². The first-order valence-corrected chi connectivity index (χ1v) is 5.15. The largest absolute Gasteiger partial charge is 0.465 e. The first-order valence-electron chi connectivity index (χ1n) is 3.69. The average molecular weight is 347 g/mol. The number of carbonyl (C=O) groups excluding carboxylic acids is 1. The van der Waals surface area contributed by atoms with E-state index in [0.717, 1.165) is 13.2 Å². The van der Waals surface area contributed by atoms with Crippen LogP contribution in [0.5, 0.6) is 0 Å². The summed E-state index contributed by atoms with van der Waals surface area (Å²) in [6, 6.07) is 0.959. The van der Waals surface area contributed by atoms with Crippen LogP contribution in [0.1, 0.15) is 22.3 Å². The SMILES string of the molecule is COC(=O)c1c(C(F)F)cc(Cl)nc1I. The van der Waals surface area contributed by atoms with Crippen LogP contribution in [0.4, 0.5) is 8.78 Å². The van der Waals surface area contributed by atoms with Crippen LogP contribution < -0.4 is 0 Å². The van der Waals surface area contributed by atoms with Crippen LogP contribution >= 0.6 is 34.2 Å². The molecule has 0 aliphatic carbocycles. The summed E-state index contributed by atoms with van der Waals surface area (Å²) in [6.07, 6.45) is -2.80. The molecule has 0 aliphatic rings. The zero-order valence-electron chi connectivity index (χ0n) is 7.43. The van der Waals surface area contributed by atoms with Gasteiger partial charge in [0, 0.05) is 5.56 Å². The Labute approximate surface area is 103 Å². The van der Waals surface area contributed by atoms with Gasteiger partial charge in [-0.05, 0) is 28.7 Å². The Morgan fingerprint density at radius 2 is 2.27 bits per heavy atom. The fraction of sp³-hybridized carbons (Fsp3) is 0.250. The van der Waals surface area contributed by atoms with Gasteiger partial charge in [-0.25, -0.2) is 18.6 Å². The molecule has 0 amide bonds. The van der Waals surface area contributed by atoms with Crippen molar-refractivity contribution in [3.63, 3.8) is 0 Å². The van der Waals surface area contributed by atoms with Crippen LogP contribution in [0.3, 0.4) is 0 Å². The third kappa shape index (κ3) is 2.75. The van der Waals surface area contributed by atoms with Crippen molar-refractivity contribution in [2.45, 2.75) is 6.43 Å². The van der Waals surface area contributed by atoms with Gasteiger partial charge in [-0.15, -0.1) is 0 Å². The van der Waals surface area contributed by atoms with E-state index in [4.69, 9.17) is 11.6 Å². The predicted octanol–water partition coefficient (Wildman–Crippen LogP) is 3.06. The summed E-state index contributed by atoms with van der Waals surface area (Å²) in [6.45, 7) is 0. The van der Waals surface area contributed by atoms with Gasteiger partial charge in [-0.1, -0.05) is 11.6 Å². The van der Waals surface area contributed by atoms with E-state index in [-0.39, 0.29) is 14.4 Å². The maximum absolute atomic E-state index is 12.6. The minimum Gasteiger partial charge on any atom is -0.465 e. The highest BCUT2D eigenvalue weighted by molar-refractivity contribution is 14.1. The molecule has 1 heterocycles. The van der Waals surface area contributed by atoms with Crippen molar-refractivity contribution < 1.29 is 18.3 Å². The second-order valence-corrected chi connectivity index (χ2v) is 3.90. The fourth-order valence-electron chi connectivity index (χ4n) is 0.978. The predicted molar refractivity (Wildman–Crippen MR) is 58.3 cm³/mol. The average Bonchev–Trinajstić information content (AvgIpc) is 2.15. The number of hydrogen-bond acceptors (Lipinski definition) is 3. The number of rotatable bonds is 2. The van der Waals surface area contributed by atoms with Crippen LogP contribution in [0.2, 0.25) is 5.15 Å². The molecule has 0 aliphatic heterocycles. The molecule has 0 unspecified atom stereocenters. The summed E-state index contributed by atoms with van der Waals surface area (Å²) in [4.78, 5) is 14.9. The molecule has 0 radical (unpaired) electrons. The van der Waals surface area contributed by atoms with Gasteiger partial charge in [-0.2, -0.15) is 0 Å². The molecule has 0 aromatic carbocycles. The Bertz CT molecular complexity index is 400. The lowest BCUT2D eigenvalue weighted by molar-refractivity contribution is 0.0587. The normalized spacial score (nSPS) is 10.5. The van der Waals surface area contributed by atoms with Crippen LogP contribution in [-0.2, 0) is 4.74 Å². The van der Waals surface area contributed by atoms with Crippen molar-refractivity contribution in [3.8, 4) is 0 Å². The van der Waals surface area contributed by atoms with Gasteiger partial charge in [0.25, 0.3) is 6.43 Å². The molecule has 0 spiro atoms. The van der Waals surface area contributed by atoms with E-state index >= 15 is 0 Å². The number of nitrogens with zero attached hydrogens (tertiary/aromatic N) is 1. The lowest BCUT2D eigenvalue weighted by atomic mass is 10.1. The van der Waals surface area contributed by atoms with Crippen LogP contribution in [-0.4, -0.2) is 18.1 Å². The van der Waals surface area contributed by atoms with Crippen molar-refractivity contribution in [2.24, 2.45) is 0 Å². The fourth-order valence-corrected chi connectivity index (χ4v) is 2.11. The second-order valence-electron chi connectivity index (χ2n) is 2.49. The van der Waals surface area contributed by atoms with Gasteiger partial charge in [0.2, 0.25) is 0 Å². The summed E-state index contributed by atoms with van der Waals surface area (Å²) in [7, 11) is 1.11. The summed E-state index contributed by atoms with van der Waals surface area (Å²) in [5.41, 5.74) is -0.705. The molecule has 0 fully saturated rings. The van der Waals surface area contributed by atoms with Crippen molar-refractivity contribution in [2.75, 3.05) is 7.11 Å². The molecular weight excluding hydrogens is 342 g/mol. The highest BCUT2D eigenvalue weighted by Crippen LogP contribution is 2.28. The van der Waals surface area contributed by atoms with E-state index in [1.54, 1.807) is 22.6 Å². The Hall–Kier alpha value is -0.500. The number of esters is 1. The molecule has 3 nitrogen and oxygen atoms in total. The van der Waals surface area contributed by atoms with E-state index in [1.165, 1.54) is 0 Å². The molecule has 0 atom stereocenters. The van der Waals surface area contributed by atoms with Crippen molar-refractivity contribution in [1.82, 2.24) is 4.98 Å². The van der Waals surface area contributed by atoms with Gasteiger partial charge >= 0.3 is 5.97 Å². The van der Waals surface area contributed by atoms with Crippen LogP contribution in [0.15, 0.2) is 6.07 Å². The summed E-state index contributed by atoms with van der Waals surface area (Å²) < 4.78 is 29.7. The number of alkyl halides is 2. The molecular formula is C8H5ClF2INO2. The van der Waals surface area contributed by atoms with Gasteiger partial charge in [0.1, 0.15) is 14.4 Å². The first-order chi connectivity index (χ1) is 6.97. The summed E-state index contributed by atoms with van der Waals surface area (Å²) in [5, 5.41) is -0.0812. The molecule has 7 heteroatoms. The monoisotopic (exact) mass is 347 g/mol. The molecule has 1 aromatic heterocycles. The molecule has 0 saturated heterocycles. The lowest BCUT2D eigenvalue weighted by Gasteiger charge is -2.08. The standard InChI is InChI=1S/C8H5ClF2INO2/c1-15-8(14)5-3(6(10)11)2-4(9)13-7(5)12/h2,6H,1H3. The van der Waals surface area contributed by atoms with E-state index in [1.807, 2.05) is 0 Å².